The first-order valence-electron chi connectivity index (χ1n) is 5.33. The highest BCUT2D eigenvalue weighted by molar-refractivity contribution is 7.91. The molecular weight excluding hydrogens is 258 g/mol. The Labute approximate surface area is 107 Å². The second kappa shape index (κ2) is 5.48. The van der Waals surface area contributed by atoms with Crippen molar-refractivity contribution in [3.63, 3.8) is 0 Å². The fraction of sp³-hybridized carbons (Fsp3) is 0.636. The number of thiophene rings is 1. The average molecular weight is 277 g/mol. The van der Waals surface area contributed by atoms with Gasteiger partial charge in [-0.05, 0) is 16.9 Å². The van der Waals surface area contributed by atoms with Crippen LogP contribution in [0.25, 0.3) is 0 Å². The van der Waals surface area contributed by atoms with Gasteiger partial charge < -0.3 is 4.74 Å². The Balaban J connectivity index is 2.68. The first-order chi connectivity index (χ1) is 7.77. The highest BCUT2D eigenvalue weighted by Gasteiger charge is 2.26. The van der Waals surface area contributed by atoms with E-state index < -0.39 is 10.0 Å². The molecule has 1 atom stereocenters. The Kier molecular flexibility index (Phi) is 4.71. The zero-order valence-corrected chi connectivity index (χ0v) is 12.2. The maximum absolute atomic E-state index is 11.9. The summed E-state index contributed by atoms with van der Waals surface area (Å²) in [5.74, 6) is 0. The van der Waals surface area contributed by atoms with Crippen LogP contribution in [-0.2, 0) is 14.8 Å². The lowest BCUT2D eigenvalue weighted by atomic mass is 9.89. The van der Waals surface area contributed by atoms with Crippen LogP contribution >= 0.6 is 11.3 Å². The third-order valence-corrected chi connectivity index (χ3v) is 5.29. The van der Waals surface area contributed by atoms with Gasteiger partial charge in [0, 0.05) is 13.7 Å². The number of nitrogens with one attached hydrogen (secondary N) is 1. The van der Waals surface area contributed by atoms with Crippen molar-refractivity contribution in [1.82, 2.24) is 4.72 Å². The minimum Gasteiger partial charge on any atom is -0.380 e. The molecule has 1 aromatic heterocycles. The predicted octanol–water partition coefficient (Wildman–Crippen LogP) is 2.09. The molecule has 1 heterocycles. The van der Waals surface area contributed by atoms with Gasteiger partial charge >= 0.3 is 0 Å². The van der Waals surface area contributed by atoms with Crippen LogP contribution in [0.2, 0.25) is 0 Å². The molecule has 0 fully saturated rings. The van der Waals surface area contributed by atoms with Crippen LogP contribution in [0.3, 0.4) is 0 Å². The summed E-state index contributed by atoms with van der Waals surface area (Å²) in [6.07, 6.45) is -0.155. The summed E-state index contributed by atoms with van der Waals surface area (Å²) in [5.41, 5.74) is -0.104. The third-order valence-electron chi connectivity index (χ3n) is 2.47. The van der Waals surface area contributed by atoms with Gasteiger partial charge in [0.05, 0.1) is 6.10 Å². The fourth-order valence-corrected chi connectivity index (χ4v) is 3.49. The summed E-state index contributed by atoms with van der Waals surface area (Å²) in [6.45, 7) is 6.32. The number of hydrogen-bond donors (Lipinski definition) is 1. The van der Waals surface area contributed by atoms with Crippen molar-refractivity contribution >= 4 is 21.4 Å². The number of hydrogen-bond acceptors (Lipinski definition) is 4. The third kappa shape index (κ3) is 4.06. The van der Waals surface area contributed by atoms with Crippen molar-refractivity contribution in [3.05, 3.63) is 17.5 Å². The normalized spacial score (nSPS) is 14.8. The summed E-state index contributed by atoms with van der Waals surface area (Å²) >= 11 is 1.21. The van der Waals surface area contributed by atoms with Crippen molar-refractivity contribution in [2.24, 2.45) is 5.41 Å². The second-order valence-electron chi connectivity index (χ2n) is 4.87. The maximum atomic E-state index is 11.9. The van der Waals surface area contributed by atoms with Crippen molar-refractivity contribution in [2.45, 2.75) is 31.1 Å². The van der Waals surface area contributed by atoms with E-state index in [2.05, 4.69) is 4.72 Å². The Morgan fingerprint density at radius 3 is 2.53 bits per heavy atom. The van der Waals surface area contributed by atoms with Crippen LogP contribution in [0.5, 0.6) is 0 Å². The molecule has 0 saturated heterocycles. The molecule has 0 aliphatic carbocycles. The van der Waals surface area contributed by atoms with Gasteiger partial charge in [-0.3, -0.25) is 0 Å². The first-order valence-corrected chi connectivity index (χ1v) is 7.69. The molecule has 0 amide bonds. The van der Waals surface area contributed by atoms with E-state index in [-0.39, 0.29) is 18.1 Å². The molecule has 98 valence electrons. The molecule has 1 aromatic rings. The number of sulfonamides is 1. The monoisotopic (exact) mass is 277 g/mol. The lowest BCUT2D eigenvalue weighted by molar-refractivity contribution is 0.0212. The lowest BCUT2D eigenvalue weighted by Crippen LogP contribution is -2.40. The number of methoxy groups -OCH3 is 1. The summed E-state index contributed by atoms with van der Waals surface area (Å²) < 4.78 is 32.0. The Hall–Kier alpha value is -0.430. The molecule has 0 bridgehead atoms. The predicted molar refractivity (Wildman–Crippen MR) is 69.8 cm³/mol. The van der Waals surface area contributed by atoms with E-state index in [1.165, 1.54) is 11.3 Å². The van der Waals surface area contributed by atoms with Gasteiger partial charge in [0.15, 0.2) is 0 Å². The quantitative estimate of drug-likeness (QED) is 0.896. The van der Waals surface area contributed by atoms with Gasteiger partial charge in [-0.1, -0.05) is 26.8 Å². The molecule has 0 spiro atoms. The van der Waals surface area contributed by atoms with Crippen molar-refractivity contribution in [1.29, 1.82) is 0 Å². The molecular formula is C11H19NO3S2. The maximum Gasteiger partial charge on any atom is 0.250 e. The standard InChI is InChI=1S/C11H19NO3S2/c1-11(2,3)9(15-4)8-12-17(13,14)10-6-5-7-16-10/h5-7,9,12H,8H2,1-4H3/t9-/m0/s1. The van der Waals surface area contributed by atoms with Gasteiger partial charge in [0.2, 0.25) is 10.0 Å². The molecule has 4 nitrogen and oxygen atoms in total. The zero-order valence-electron chi connectivity index (χ0n) is 10.6. The molecule has 0 aliphatic rings. The van der Waals surface area contributed by atoms with Gasteiger partial charge in [-0.25, -0.2) is 13.1 Å². The summed E-state index contributed by atoms with van der Waals surface area (Å²) in [5, 5.41) is 1.74. The van der Waals surface area contributed by atoms with Crippen LogP contribution in [0.1, 0.15) is 20.8 Å². The molecule has 0 saturated carbocycles. The molecule has 17 heavy (non-hydrogen) atoms. The molecule has 1 rings (SSSR count). The van der Waals surface area contributed by atoms with E-state index in [4.69, 9.17) is 4.74 Å². The molecule has 0 aromatic carbocycles. The molecule has 1 N–H and O–H groups in total. The van der Waals surface area contributed by atoms with Crippen molar-refractivity contribution in [3.8, 4) is 0 Å². The van der Waals surface area contributed by atoms with E-state index >= 15 is 0 Å². The zero-order chi connectivity index (χ0) is 13.1. The number of rotatable bonds is 5. The van der Waals surface area contributed by atoms with E-state index in [0.29, 0.717) is 4.21 Å². The first kappa shape index (κ1) is 14.6. The summed E-state index contributed by atoms with van der Waals surface area (Å²) in [7, 11) is -1.80. The van der Waals surface area contributed by atoms with E-state index in [1.807, 2.05) is 20.8 Å². The Bertz CT molecular complexity index is 432. The van der Waals surface area contributed by atoms with Gasteiger partial charge in [-0.15, -0.1) is 11.3 Å². The van der Waals surface area contributed by atoms with Crippen molar-refractivity contribution in [2.75, 3.05) is 13.7 Å². The number of ether oxygens (including phenoxy) is 1. The van der Waals surface area contributed by atoms with Crippen LogP contribution in [0.15, 0.2) is 21.7 Å². The van der Waals surface area contributed by atoms with E-state index in [9.17, 15) is 8.42 Å². The average Bonchev–Trinajstić information content (AvgIpc) is 2.69. The highest BCUT2D eigenvalue weighted by atomic mass is 32.2. The summed E-state index contributed by atoms with van der Waals surface area (Å²) in [6, 6.07) is 3.31. The lowest BCUT2D eigenvalue weighted by Gasteiger charge is -2.29. The largest absolute Gasteiger partial charge is 0.380 e. The van der Waals surface area contributed by atoms with Crippen LogP contribution in [-0.4, -0.2) is 28.2 Å². The smallest absolute Gasteiger partial charge is 0.250 e. The molecule has 0 aliphatic heterocycles. The Morgan fingerprint density at radius 1 is 1.47 bits per heavy atom. The van der Waals surface area contributed by atoms with Crippen molar-refractivity contribution < 1.29 is 13.2 Å². The molecule has 0 unspecified atom stereocenters. The van der Waals surface area contributed by atoms with E-state index in [1.54, 1.807) is 24.6 Å². The van der Waals surface area contributed by atoms with Crippen LogP contribution < -0.4 is 4.72 Å². The molecule has 6 heteroatoms. The minimum atomic E-state index is -3.39. The van der Waals surface area contributed by atoms with Gasteiger partial charge in [-0.2, -0.15) is 0 Å². The minimum absolute atomic E-state index is 0.104. The summed E-state index contributed by atoms with van der Waals surface area (Å²) in [4.78, 5) is 0. The van der Waals surface area contributed by atoms with Gasteiger partial charge in [0.1, 0.15) is 4.21 Å². The van der Waals surface area contributed by atoms with Gasteiger partial charge in [0.25, 0.3) is 0 Å². The fourth-order valence-electron chi connectivity index (χ4n) is 1.42. The highest BCUT2D eigenvalue weighted by Crippen LogP contribution is 2.22. The van der Waals surface area contributed by atoms with Crippen LogP contribution in [0.4, 0.5) is 0 Å². The molecule has 0 radical (unpaired) electrons. The topological polar surface area (TPSA) is 55.4 Å². The second-order valence-corrected chi connectivity index (χ2v) is 7.82. The van der Waals surface area contributed by atoms with Crippen LogP contribution in [0, 0.1) is 5.41 Å². The van der Waals surface area contributed by atoms with E-state index in [0.717, 1.165) is 0 Å². The SMILES string of the molecule is CO[C@@H](CNS(=O)(=O)c1cccs1)C(C)(C)C. The Morgan fingerprint density at radius 2 is 2.12 bits per heavy atom.